The second-order valence-corrected chi connectivity index (χ2v) is 3.81. The number of amides is 2. The molecule has 1 heterocycles. The van der Waals surface area contributed by atoms with Crippen LogP contribution in [0.1, 0.15) is 23.2 Å². The maximum absolute atomic E-state index is 11.4. The lowest BCUT2D eigenvalue weighted by Gasteiger charge is -2.05. The van der Waals surface area contributed by atoms with Gasteiger partial charge in [-0.2, -0.15) is 5.10 Å². The number of rotatable bonds is 5. The standard InChI is InChI=1S/C10H14N4O2/c15-9(7-1-2-7)11-3-4-12-10(16)8-5-13-14-6-8/h5-7H,1-4H2,(H,11,15)(H,12,16)(H,13,14). The number of nitrogens with zero attached hydrogens (tertiary/aromatic N) is 1. The number of nitrogens with one attached hydrogen (secondary N) is 3. The largest absolute Gasteiger partial charge is 0.354 e. The lowest BCUT2D eigenvalue weighted by atomic mass is 10.3. The van der Waals surface area contributed by atoms with Gasteiger partial charge in [0.05, 0.1) is 11.8 Å². The van der Waals surface area contributed by atoms with E-state index < -0.39 is 0 Å². The van der Waals surface area contributed by atoms with Gasteiger partial charge in [-0.1, -0.05) is 0 Å². The Morgan fingerprint density at radius 2 is 2.12 bits per heavy atom. The molecule has 6 nitrogen and oxygen atoms in total. The lowest BCUT2D eigenvalue weighted by molar-refractivity contribution is -0.122. The summed E-state index contributed by atoms with van der Waals surface area (Å²) >= 11 is 0. The summed E-state index contributed by atoms with van der Waals surface area (Å²) in [6, 6.07) is 0. The van der Waals surface area contributed by atoms with Crippen LogP contribution in [0.4, 0.5) is 0 Å². The van der Waals surface area contributed by atoms with Crippen LogP contribution in [0.25, 0.3) is 0 Å². The molecule has 2 rings (SSSR count). The maximum Gasteiger partial charge on any atom is 0.254 e. The molecule has 0 atom stereocenters. The average Bonchev–Trinajstić information content (AvgIpc) is 2.99. The van der Waals surface area contributed by atoms with Crippen molar-refractivity contribution in [2.45, 2.75) is 12.8 Å². The van der Waals surface area contributed by atoms with Crippen LogP contribution in [0.5, 0.6) is 0 Å². The quantitative estimate of drug-likeness (QED) is 0.596. The Labute approximate surface area is 92.8 Å². The van der Waals surface area contributed by atoms with E-state index in [4.69, 9.17) is 0 Å². The highest BCUT2D eigenvalue weighted by Crippen LogP contribution is 2.28. The third kappa shape index (κ3) is 2.82. The molecule has 6 heteroatoms. The molecule has 1 aromatic rings. The molecular formula is C10H14N4O2. The fraction of sp³-hybridized carbons (Fsp3) is 0.500. The monoisotopic (exact) mass is 222 g/mol. The summed E-state index contributed by atoms with van der Waals surface area (Å²) in [5.74, 6) is 0.122. The minimum absolute atomic E-state index is 0.0950. The molecule has 1 aliphatic carbocycles. The molecule has 16 heavy (non-hydrogen) atoms. The molecule has 0 saturated heterocycles. The Hall–Kier alpha value is -1.85. The number of aromatic amines is 1. The van der Waals surface area contributed by atoms with Crippen molar-refractivity contribution in [1.29, 1.82) is 0 Å². The minimum Gasteiger partial charge on any atom is -0.354 e. The summed E-state index contributed by atoms with van der Waals surface area (Å²) in [6.07, 6.45) is 4.97. The van der Waals surface area contributed by atoms with Gasteiger partial charge in [-0.25, -0.2) is 0 Å². The molecule has 1 fully saturated rings. The predicted octanol–water partition coefficient (Wildman–Crippen LogP) is -0.334. The highest BCUT2D eigenvalue weighted by atomic mass is 16.2. The lowest BCUT2D eigenvalue weighted by Crippen LogP contribution is -2.35. The summed E-state index contributed by atoms with van der Waals surface area (Å²) < 4.78 is 0. The van der Waals surface area contributed by atoms with Crippen molar-refractivity contribution in [1.82, 2.24) is 20.8 Å². The van der Waals surface area contributed by atoms with Crippen molar-refractivity contribution < 1.29 is 9.59 Å². The predicted molar refractivity (Wildman–Crippen MR) is 56.7 cm³/mol. The highest BCUT2D eigenvalue weighted by molar-refractivity contribution is 5.93. The van der Waals surface area contributed by atoms with Crippen LogP contribution in [-0.4, -0.2) is 35.1 Å². The first-order valence-corrected chi connectivity index (χ1v) is 5.32. The molecule has 0 radical (unpaired) electrons. The second kappa shape index (κ2) is 4.78. The fourth-order valence-electron chi connectivity index (χ4n) is 1.33. The minimum atomic E-state index is -0.186. The number of carbonyl (C=O) groups excluding carboxylic acids is 2. The molecule has 0 aromatic carbocycles. The second-order valence-electron chi connectivity index (χ2n) is 3.81. The van der Waals surface area contributed by atoms with Gasteiger partial charge in [0.1, 0.15) is 0 Å². The molecule has 86 valence electrons. The summed E-state index contributed by atoms with van der Waals surface area (Å²) in [5, 5.41) is 11.7. The smallest absolute Gasteiger partial charge is 0.254 e. The Bertz CT molecular complexity index is 370. The van der Waals surface area contributed by atoms with Crippen LogP contribution >= 0.6 is 0 Å². The molecule has 1 aliphatic rings. The Morgan fingerprint density at radius 3 is 2.75 bits per heavy atom. The van der Waals surface area contributed by atoms with E-state index in [-0.39, 0.29) is 17.7 Å². The number of carbonyl (C=O) groups is 2. The molecular weight excluding hydrogens is 208 g/mol. The molecule has 1 aromatic heterocycles. The van der Waals surface area contributed by atoms with E-state index in [9.17, 15) is 9.59 Å². The molecule has 0 unspecified atom stereocenters. The number of H-pyrrole nitrogens is 1. The summed E-state index contributed by atoms with van der Waals surface area (Å²) in [6.45, 7) is 0.904. The van der Waals surface area contributed by atoms with Crippen molar-refractivity contribution >= 4 is 11.8 Å². The van der Waals surface area contributed by atoms with Gasteiger partial charge in [0.25, 0.3) is 5.91 Å². The number of aromatic nitrogens is 2. The van der Waals surface area contributed by atoms with Crippen molar-refractivity contribution in [3.63, 3.8) is 0 Å². The van der Waals surface area contributed by atoms with Crippen LogP contribution in [0, 0.1) is 5.92 Å². The normalized spacial score (nSPS) is 14.5. The van der Waals surface area contributed by atoms with Crippen LogP contribution in [0.15, 0.2) is 12.4 Å². The molecule has 0 spiro atoms. The maximum atomic E-state index is 11.4. The third-order valence-corrected chi connectivity index (χ3v) is 2.42. The van der Waals surface area contributed by atoms with Crippen molar-refractivity contribution in [2.24, 2.45) is 5.92 Å². The number of hydrogen-bond acceptors (Lipinski definition) is 3. The zero-order valence-corrected chi connectivity index (χ0v) is 8.82. The van der Waals surface area contributed by atoms with E-state index in [1.165, 1.54) is 12.4 Å². The van der Waals surface area contributed by atoms with E-state index in [1.54, 1.807) is 0 Å². The van der Waals surface area contributed by atoms with E-state index in [1.807, 2.05) is 0 Å². The first-order valence-electron chi connectivity index (χ1n) is 5.32. The summed E-state index contributed by atoms with van der Waals surface area (Å²) in [7, 11) is 0. The van der Waals surface area contributed by atoms with Crippen LogP contribution in [0.2, 0.25) is 0 Å². The zero-order valence-electron chi connectivity index (χ0n) is 8.82. The van der Waals surface area contributed by atoms with Gasteiger partial charge in [0, 0.05) is 25.2 Å². The van der Waals surface area contributed by atoms with E-state index in [2.05, 4.69) is 20.8 Å². The fourth-order valence-corrected chi connectivity index (χ4v) is 1.33. The van der Waals surface area contributed by atoms with Gasteiger partial charge in [-0.3, -0.25) is 14.7 Å². The zero-order chi connectivity index (χ0) is 11.4. The van der Waals surface area contributed by atoms with Crippen molar-refractivity contribution in [3.8, 4) is 0 Å². The van der Waals surface area contributed by atoms with Gasteiger partial charge in [0.2, 0.25) is 5.91 Å². The van der Waals surface area contributed by atoms with E-state index in [0.717, 1.165) is 12.8 Å². The van der Waals surface area contributed by atoms with Crippen molar-refractivity contribution in [2.75, 3.05) is 13.1 Å². The van der Waals surface area contributed by atoms with Crippen LogP contribution in [0.3, 0.4) is 0 Å². The molecule has 2 amide bonds. The molecule has 0 aliphatic heterocycles. The van der Waals surface area contributed by atoms with Crippen LogP contribution < -0.4 is 10.6 Å². The van der Waals surface area contributed by atoms with Gasteiger partial charge in [-0.15, -0.1) is 0 Å². The van der Waals surface area contributed by atoms with Gasteiger partial charge >= 0.3 is 0 Å². The SMILES string of the molecule is O=C(NCCNC(=O)C1CC1)c1cn[nH]c1. The Morgan fingerprint density at radius 1 is 1.38 bits per heavy atom. The van der Waals surface area contributed by atoms with Crippen LogP contribution in [-0.2, 0) is 4.79 Å². The molecule has 1 saturated carbocycles. The van der Waals surface area contributed by atoms with Crippen molar-refractivity contribution in [3.05, 3.63) is 18.0 Å². The van der Waals surface area contributed by atoms with Gasteiger partial charge in [0.15, 0.2) is 0 Å². The Balaban J connectivity index is 1.60. The van der Waals surface area contributed by atoms with Gasteiger partial charge < -0.3 is 10.6 Å². The summed E-state index contributed by atoms with van der Waals surface area (Å²) in [5.41, 5.74) is 0.494. The summed E-state index contributed by atoms with van der Waals surface area (Å²) in [4.78, 5) is 22.7. The third-order valence-electron chi connectivity index (χ3n) is 2.42. The molecule has 0 bridgehead atoms. The first kappa shape index (κ1) is 10.7. The van der Waals surface area contributed by atoms with Gasteiger partial charge in [-0.05, 0) is 12.8 Å². The number of hydrogen-bond donors (Lipinski definition) is 3. The highest BCUT2D eigenvalue weighted by Gasteiger charge is 2.28. The Kier molecular flexibility index (Phi) is 3.19. The first-order chi connectivity index (χ1) is 7.77. The average molecular weight is 222 g/mol. The van der Waals surface area contributed by atoms with E-state index >= 15 is 0 Å². The topological polar surface area (TPSA) is 86.9 Å². The van der Waals surface area contributed by atoms with E-state index in [0.29, 0.717) is 18.7 Å². The molecule has 3 N–H and O–H groups in total.